The molecule has 0 spiro atoms. The van der Waals surface area contributed by atoms with Crippen molar-refractivity contribution < 1.29 is 49.6 Å². The second-order valence-electron chi connectivity index (χ2n) is 35.2. The second-order valence-corrected chi connectivity index (χ2v) is 35.2. The van der Waals surface area contributed by atoms with E-state index in [0.29, 0.717) is 108 Å². The van der Waals surface area contributed by atoms with Gasteiger partial charge in [0.1, 0.15) is 116 Å². The molecule has 2 unspecified atom stereocenters. The van der Waals surface area contributed by atoms with E-state index < -0.39 is 37.8 Å². The molecule has 0 radical (unpaired) electrons. The van der Waals surface area contributed by atoms with Crippen molar-refractivity contribution in [2.45, 2.75) is 209 Å². The molecule has 0 fully saturated rings. The molecule has 12 N–H and O–H groups in total. The fourth-order valence-electron chi connectivity index (χ4n) is 13.2. The zero-order chi connectivity index (χ0) is 99.9. The largest absolute Gasteiger partial charge is 0.382 e. The van der Waals surface area contributed by atoms with Crippen molar-refractivity contribution >= 4 is 92.2 Å². The van der Waals surface area contributed by atoms with Gasteiger partial charge in [0.05, 0.1) is 25.6 Å². The van der Waals surface area contributed by atoms with E-state index in [9.17, 15) is 19.2 Å². The van der Waals surface area contributed by atoms with Gasteiger partial charge in [-0.1, -0.05) is 256 Å². The van der Waals surface area contributed by atoms with E-state index in [1.807, 2.05) is 121 Å². The third kappa shape index (κ3) is 21.0. The van der Waals surface area contributed by atoms with Gasteiger partial charge < -0.3 is 62.3 Å². The number of carbonyl (C=O) groups excluding carboxylic acids is 4. The van der Waals surface area contributed by atoms with Crippen LogP contribution < -0.4 is 44.2 Å². The van der Waals surface area contributed by atoms with Gasteiger partial charge in [-0.15, -0.1) is 0 Å². The van der Waals surface area contributed by atoms with Crippen LogP contribution in [-0.2, 0) is 66.5 Å². The minimum Gasteiger partial charge on any atom is -0.382 e. The number of nitrogens with two attached hydrogens (primary N) is 4. The van der Waals surface area contributed by atoms with Crippen molar-refractivity contribution in [2.24, 2.45) is 0 Å². The smallest absolute Gasteiger partial charge is 0.230 e. The number of imidazole rings is 4. The van der Waals surface area contributed by atoms with Crippen LogP contribution >= 0.6 is 0 Å². The van der Waals surface area contributed by atoms with E-state index in [2.05, 4.69) is 106 Å². The Balaban J connectivity index is 0.000000154. The number of nitrogens with zero attached hydrogens (tertiary/aromatic N) is 20. The van der Waals surface area contributed by atoms with Crippen molar-refractivity contribution in [1.82, 2.24) is 99.0 Å². The molecule has 4 amide bonds. The molecule has 12 aromatic heterocycles. The fourth-order valence-corrected chi connectivity index (χ4v) is 13.2. The highest BCUT2D eigenvalue weighted by Gasteiger charge is 2.29. The van der Waals surface area contributed by atoms with Gasteiger partial charge in [-0.3, -0.25) is 19.2 Å². The summed E-state index contributed by atoms with van der Waals surface area (Å²) < 4.78 is 99.2. The lowest BCUT2D eigenvalue weighted by molar-refractivity contribution is -0.116. The van der Waals surface area contributed by atoms with Crippen LogP contribution in [0.4, 0.5) is 46.5 Å². The predicted octanol–water partition coefficient (Wildman–Crippen LogP) is 15.9. The van der Waals surface area contributed by atoms with E-state index in [-0.39, 0.29) is 105 Å². The zero-order valence-corrected chi connectivity index (χ0v) is 74.2. The Morgan fingerprint density at radius 2 is 0.602 bits per heavy atom. The Hall–Kier alpha value is -15.0. The van der Waals surface area contributed by atoms with Gasteiger partial charge in [-0.05, 0) is 22.3 Å². The van der Waals surface area contributed by atoms with Gasteiger partial charge in [0, 0.05) is 104 Å². The normalized spacial score (nSPS) is 14.0. The molecule has 0 aliphatic carbocycles. The van der Waals surface area contributed by atoms with Gasteiger partial charge in [-0.2, -0.15) is 20.4 Å². The van der Waals surface area contributed by atoms with E-state index >= 15 is 0 Å². The first kappa shape index (κ1) is 78.9. The third-order valence-corrected chi connectivity index (χ3v) is 19.9. The van der Waals surface area contributed by atoms with E-state index in [1.54, 1.807) is 113 Å². The van der Waals surface area contributed by atoms with Crippen molar-refractivity contribution in [2.75, 3.05) is 44.2 Å². The van der Waals surface area contributed by atoms with E-state index in [1.165, 1.54) is 41.3 Å². The summed E-state index contributed by atoms with van der Waals surface area (Å²) in [6.07, 6.45) is 3.41. The number of anilines is 8. The number of rotatable bonds is 20. The monoisotopic (exact) mass is 1740 g/mol. The van der Waals surface area contributed by atoms with Crippen LogP contribution in [0.3, 0.4) is 0 Å². The molecule has 128 heavy (non-hydrogen) atoms. The maximum absolute atomic E-state index is 12.7. The molecule has 664 valence electrons. The second kappa shape index (κ2) is 37.0. The number of nitrogen functional groups attached to an aromatic ring is 4. The highest BCUT2D eigenvalue weighted by molar-refractivity contribution is 5.95. The number of hydrogen-bond acceptors (Lipinski definition) is 28. The fraction of sp³-hybridized carbons (Fsp3) is 0.348. The topological polar surface area (TPSA) is 497 Å². The lowest BCUT2D eigenvalue weighted by Gasteiger charge is -2.12. The first-order valence-corrected chi connectivity index (χ1v) is 41.0. The molecule has 0 saturated heterocycles. The number of hydrogen-bond donors (Lipinski definition) is 8. The summed E-state index contributed by atoms with van der Waals surface area (Å²) in [4.78, 5) is 84.9. The quantitative estimate of drug-likeness (QED) is 0.0351. The Labute approximate surface area is 751 Å². The highest BCUT2D eigenvalue weighted by atomic mass is 16.5. The summed E-state index contributed by atoms with van der Waals surface area (Å²) >= 11 is 0. The standard InChI is InChI=1S/4C23H27N7O2/c4*1-13(2)22-28-19(20-21(24)25-12-26-30(20)22)15-8-6-14(7-9-15)10-18(31)27-17-11-16(32-29-17)23(3,4)5/h4*6-9,11-13H,10H2,1-5H3,(H2,24,25,26)(H,27,29,31)/i1D3,13D;10D2;1D3;. The maximum atomic E-state index is 12.7. The number of carbonyl (C=O) groups is 4. The van der Waals surface area contributed by atoms with Crippen molar-refractivity contribution in [3.8, 4) is 45.0 Å². The van der Waals surface area contributed by atoms with Crippen molar-refractivity contribution in [1.29, 1.82) is 0 Å². The summed E-state index contributed by atoms with van der Waals surface area (Å²) in [5.41, 5.74) is 33.1. The van der Waals surface area contributed by atoms with Crippen molar-refractivity contribution in [3.63, 3.8) is 0 Å². The van der Waals surface area contributed by atoms with Gasteiger partial charge in [0.2, 0.25) is 23.6 Å². The SMILES string of the molecule is CC(C)c1nc(-c2ccc(CC(=O)Nc3cc(C(C)(C)C)on3)cc2)c2c(N)ncnn12.[2H]C([2H])(C(=O)Nc1cc(C(C)(C)C)on1)c1ccc(-c2nc(C(C)C)n3ncnc(N)c23)cc1.[2H]C([2H])([2H])C(C)c1nc(-c2ccc(CC(=O)Nc3cc(C(C)(C)C)on3)cc2)c2c(N)ncnn12.[2H]C([2H])([2H])C([2H])(C)c1nc(-c2ccc(CC(=O)Nc3cc(C(C)(C)C)on3)cc2)c2c(N)ncnn12. The maximum Gasteiger partial charge on any atom is 0.230 e. The Morgan fingerprint density at radius 1 is 0.359 bits per heavy atom. The number of amides is 4. The Kier molecular flexibility index (Phi) is 22.8. The van der Waals surface area contributed by atoms with Crippen LogP contribution in [0.25, 0.3) is 67.1 Å². The molecule has 0 aliphatic rings. The van der Waals surface area contributed by atoms with E-state index in [4.69, 9.17) is 63.3 Å². The Bertz CT molecular complexity index is 7080. The van der Waals surface area contributed by atoms with Crippen LogP contribution in [0.2, 0.25) is 0 Å². The number of fused-ring (bicyclic) bond motifs is 4. The van der Waals surface area contributed by atoms with Gasteiger partial charge in [0.25, 0.3) is 0 Å². The molecule has 0 saturated carbocycles. The molecule has 2 atom stereocenters. The number of benzene rings is 4. The summed E-state index contributed by atoms with van der Waals surface area (Å²) in [6, 6.07) is 35.1. The molecule has 12 heterocycles. The van der Waals surface area contributed by atoms with Gasteiger partial charge in [0.15, 0.2) is 46.5 Å². The summed E-state index contributed by atoms with van der Waals surface area (Å²) in [6.45, 7) is 29.9. The number of aromatic nitrogens is 20. The lowest BCUT2D eigenvalue weighted by atomic mass is 9.93. The van der Waals surface area contributed by atoms with E-state index in [0.717, 1.165) is 39.6 Å². The molecule has 36 heteroatoms. The molecular formula is C92H108N28O8. The summed E-state index contributed by atoms with van der Waals surface area (Å²) in [5.74, 6) is 2.52. The summed E-state index contributed by atoms with van der Waals surface area (Å²) in [7, 11) is 0. The van der Waals surface area contributed by atoms with Crippen LogP contribution in [0.15, 0.2) is 165 Å². The van der Waals surface area contributed by atoms with Gasteiger partial charge in [-0.25, -0.2) is 57.9 Å². The van der Waals surface area contributed by atoms with Crippen LogP contribution in [0.1, 0.15) is 243 Å². The number of nitrogens with one attached hydrogen (secondary N) is 4. The molecule has 0 bridgehead atoms. The Morgan fingerprint density at radius 3 is 0.844 bits per heavy atom. The van der Waals surface area contributed by atoms with Gasteiger partial charge >= 0.3 is 0 Å². The van der Waals surface area contributed by atoms with Crippen LogP contribution in [0.5, 0.6) is 0 Å². The highest BCUT2D eigenvalue weighted by Crippen LogP contribution is 2.37. The van der Waals surface area contributed by atoms with Crippen LogP contribution in [-0.4, -0.2) is 123 Å². The average molecular weight is 1740 g/mol. The first-order chi connectivity index (χ1) is 64.0. The van der Waals surface area contributed by atoms with Crippen molar-refractivity contribution in [3.05, 3.63) is 215 Å². The molecule has 36 nitrogen and oxygen atoms in total. The molecule has 0 aliphatic heterocycles. The minimum absolute atomic E-state index is 0.0766. The average Bonchev–Trinajstić information content (AvgIpc) is 1.59. The third-order valence-electron chi connectivity index (χ3n) is 19.9. The first-order valence-electron chi connectivity index (χ1n) is 45.5. The molecule has 16 rings (SSSR count). The minimum atomic E-state index is -2.65. The molecule has 4 aromatic carbocycles. The zero-order valence-electron chi connectivity index (χ0n) is 83.2. The predicted molar refractivity (Wildman–Crippen MR) is 489 cm³/mol. The summed E-state index contributed by atoms with van der Waals surface area (Å²) in [5, 5.41) is 43.2. The lowest BCUT2D eigenvalue weighted by Crippen LogP contribution is -2.14. The van der Waals surface area contributed by atoms with Crippen LogP contribution in [0, 0.1) is 0 Å². The molecule has 16 aromatic rings. The molecular weight excluding hydrogens is 1630 g/mol.